The summed E-state index contributed by atoms with van der Waals surface area (Å²) in [6.07, 6.45) is 3.25. The molecular formula is C8H3BrCl2N2. The highest BCUT2D eigenvalue weighted by Gasteiger charge is 2.04. The highest BCUT2D eigenvalue weighted by Crippen LogP contribution is 2.28. The van der Waals surface area contributed by atoms with Gasteiger partial charge < -0.3 is 0 Å². The van der Waals surface area contributed by atoms with Gasteiger partial charge in [-0.25, -0.2) is 9.97 Å². The Morgan fingerprint density at radius 2 is 1.85 bits per heavy atom. The van der Waals surface area contributed by atoms with E-state index in [0.29, 0.717) is 10.3 Å². The van der Waals surface area contributed by atoms with E-state index in [-0.39, 0.29) is 0 Å². The van der Waals surface area contributed by atoms with E-state index in [1.54, 1.807) is 18.5 Å². The minimum atomic E-state index is 0.433. The van der Waals surface area contributed by atoms with Crippen molar-refractivity contribution >= 4 is 49.9 Å². The molecule has 0 atom stereocenters. The number of fused-ring (bicyclic) bond motifs is 1. The van der Waals surface area contributed by atoms with Gasteiger partial charge in [0.2, 0.25) is 0 Å². The van der Waals surface area contributed by atoms with Gasteiger partial charge >= 0.3 is 0 Å². The summed E-state index contributed by atoms with van der Waals surface area (Å²) in [4.78, 5) is 7.90. The lowest BCUT2D eigenvalue weighted by Crippen LogP contribution is -1.83. The number of hydrogen-bond acceptors (Lipinski definition) is 2. The van der Waals surface area contributed by atoms with Gasteiger partial charge in [-0.15, -0.1) is 0 Å². The Morgan fingerprint density at radius 3 is 2.62 bits per heavy atom. The first-order valence-corrected chi connectivity index (χ1v) is 4.98. The summed E-state index contributed by atoms with van der Waals surface area (Å²) in [6, 6.07) is 1.74. The van der Waals surface area contributed by atoms with Crippen LogP contribution in [0.5, 0.6) is 0 Å². The third-order valence-corrected chi connectivity index (χ3v) is 2.78. The molecule has 0 radical (unpaired) electrons. The average Bonchev–Trinajstić information content (AvgIpc) is 2.12. The van der Waals surface area contributed by atoms with Crippen LogP contribution in [0.1, 0.15) is 0 Å². The maximum absolute atomic E-state index is 5.87. The molecule has 0 spiro atoms. The van der Waals surface area contributed by atoms with Crippen molar-refractivity contribution in [3.05, 3.63) is 33.2 Å². The van der Waals surface area contributed by atoms with Crippen molar-refractivity contribution < 1.29 is 0 Å². The van der Waals surface area contributed by atoms with E-state index < -0.39 is 0 Å². The quantitative estimate of drug-likeness (QED) is 0.686. The van der Waals surface area contributed by atoms with Crippen molar-refractivity contribution in [3.63, 3.8) is 0 Å². The Balaban J connectivity index is 2.92. The normalized spacial score (nSPS) is 10.7. The highest BCUT2D eigenvalue weighted by molar-refractivity contribution is 9.10. The fourth-order valence-corrected chi connectivity index (χ4v) is 1.83. The van der Waals surface area contributed by atoms with E-state index in [1.807, 2.05) is 0 Å². The number of pyridine rings is 2. The van der Waals surface area contributed by atoms with E-state index >= 15 is 0 Å². The fraction of sp³-hybridized carbons (Fsp3) is 0. The predicted molar refractivity (Wildman–Crippen MR) is 57.3 cm³/mol. The van der Waals surface area contributed by atoms with Crippen LogP contribution in [0.2, 0.25) is 10.3 Å². The predicted octanol–water partition coefficient (Wildman–Crippen LogP) is 3.70. The summed E-state index contributed by atoms with van der Waals surface area (Å²) in [7, 11) is 0. The number of nitrogens with zero attached hydrogens (tertiary/aromatic N) is 2. The molecule has 66 valence electrons. The van der Waals surface area contributed by atoms with Crippen molar-refractivity contribution in [3.8, 4) is 0 Å². The molecule has 0 saturated carbocycles. The molecule has 0 N–H and O–H groups in total. The zero-order valence-corrected chi connectivity index (χ0v) is 9.36. The van der Waals surface area contributed by atoms with Gasteiger partial charge in [0.25, 0.3) is 0 Å². The second-order valence-corrected chi connectivity index (χ2v) is 4.05. The van der Waals surface area contributed by atoms with Crippen molar-refractivity contribution in [2.45, 2.75) is 0 Å². The summed E-state index contributed by atoms with van der Waals surface area (Å²) in [5.74, 6) is 0. The fourth-order valence-electron chi connectivity index (χ4n) is 1.04. The smallest absolute Gasteiger partial charge is 0.138 e. The van der Waals surface area contributed by atoms with Crippen LogP contribution >= 0.6 is 39.1 Å². The second kappa shape index (κ2) is 3.40. The third kappa shape index (κ3) is 1.64. The monoisotopic (exact) mass is 276 g/mol. The van der Waals surface area contributed by atoms with Crippen LogP contribution in [0.3, 0.4) is 0 Å². The molecule has 5 heteroatoms. The summed E-state index contributed by atoms with van der Waals surface area (Å²) in [5.41, 5.74) is 0. The second-order valence-electron chi connectivity index (χ2n) is 2.45. The zero-order chi connectivity index (χ0) is 9.42. The molecular weight excluding hydrogens is 275 g/mol. The van der Waals surface area contributed by atoms with Gasteiger partial charge in [0, 0.05) is 27.6 Å². The lowest BCUT2D eigenvalue weighted by molar-refractivity contribution is 1.31. The Labute approximate surface area is 93.0 Å². The number of hydrogen-bond donors (Lipinski definition) is 0. The van der Waals surface area contributed by atoms with E-state index in [9.17, 15) is 0 Å². The molecule has 0 fully saturated rings. The van der Waals surface area contributed by atoms with Crippen LogP contribution in [0.15, 0.2) is 22.9 Å². The molecule has 2 rings (SSSR count). The molecule has 0 saturated heterocycles. The summed E-state index contributed by atoms with van der Waals surface area (Å²) >= 11 is 15.0. The van der Waals surface area contributed by atoms with E-state index in [2.05, 4.69) is 25.9 Å². The maximum Gasteiger partial charge on any atom is 0.138 e. The molecule has 0 aliphatic rings. The summed E-state index contributed by atoms with van der Waals surface area (Å²) in [5, 5.41) is 2.58. The SMILES string of the molecule is Clc1cc2c(Br)cnc(Cl)c2cn1. The molecule has 2 nitrogen and oxygen atoms in total. The lowest BCUT2D eigenvalue weighted by Gasteiger charge is -2.01. The molecule has 2 aromatic heterocycles. The summed E-state index contributed by atoms with van der Waals surface area (Å²) < 4.78 is 0.858. The van der Waals surface area contributed by atoms with Gasteiger partial charge in [-0.3, -0.25) is 0 Å². The number of rotatable bonds is 0. The first kappa shape index (κ1) is 9.19. The number of halogens is 3. The van der Waals surface area contributed by atoms with E-state index in [4.69, 9.17) is 23.2 Å². The van der Waals surface area contributed by atoms with Crippen LogP contribution in [0.25, 0.3) is 10.8 Å². The minimum absolute atomic E-state index is 0.433. The molecule has 2 aromatic rings. The molecule has 13 heavy (non-hydrogen) atoms. The molecule has 0 amide bonds. The standard InChI is InChI=1S/C8H3BrCl2N2/c9-6-3-13-8(11)5-2-12-7(10)1-4(5)6/h1-3H. The molecule has 0 aliphatic carbocycles. The van der Waals surface area contributed by atoms with Gasteiger partial charge in [-0.1, -0.05) is 23.2 Å². The Morgan fingerprint density at radius 1 is 1.08 bits per heavy atom. The van der Waals surface area contributed by atoms with Crippen molar-refractivity contribution in [2.24, 2.45) is 0 Å². The van der Waals surface area contributed by atoms with Gasteiger partial charge in [0.05, 0.1) is 0 Å². The van der Waals surface area contributed by atoms with Crippen LogP contribution < -0.4 is 0 Å². The molecule has 0 bridgehead atoms. The maximum atomic E-state index is 5.87. The largest absolute Gasteiger partial charge is 0.244 e. The van der Waals surface area contributed by atoms with Crippen LogP contribution in [-0.4, -0.2) is 9.97 Å². The highest BCUT2D eigenvalue weighted by atomic mass is 79.9. The lowest BCUT2D eigenvalue weighted by atomic mass is 10.2. The topological polar surface area (TPSA) is 25.8 Å². The molecule has 0 aromatic carbocycles. The summed E-state index contributed by atoms with van der Waals surface area (Å²) in [6.45, 7) is 0. The number of aromatic nitrogens is 2. The van der Waals surface area contributed by atoms with Crippen LogP contribution in [-0.2, 0) is 0 Å². The average molecular weight is 278 g/mol. The molecule has 0 aliphatic heterocycles. The van der Waals surface area contributed by atoms with Crippen molar-refractivity contribution in [2.75, 3.05) is 0 Å². The third-order valence-electron chi connectivity index (χ3n) is 1.64. The van der Waals surface area contributed by atoms with Gasteiger partial charge in [0.15, 0.2) is 0 Å². The zero-order valence-electron chi connectivity index (χ0n) is 6.26. The van der Waals surface area contributed by atoms with Crippen LogP contribution in [0.4, 0.5) is 0 Å². The van der Waals surface area contributed by atoms with E-state index in [1.165, 1.54) is 0 Å². The van der Waals surface area contributed by atoms with Gasteiger partial charge in [-0.2, -0.15) is 0 Å². The van der Waals surface area contributed by atoms with Crippen molar-refractivity contribution in [1.82, 2.24) is 9.97 Å². The Kier molecular flexibility index (Phi) is 2.41. The van der Waals surface area contributed by atoms with Gasteiger partial charge in [0.1, 0.15) is 10.3 Å². The van der Waals surface area contributed by atoms with E-state index in [0.717, 1.165) is 15.2 Å². The van der Waals surface area contributed by atoms with Crippen molar-refractivity contribution in [1.29, 1.82) is 0 Å². The Bertz CT molecular complexity index is 473. The van der Waals surface area contributed by atoms with Crippen LogP contribution in [0, 0.1) is 0 Å². The molecule has 2 heterocycles. The Hall–Kier alpha value is -0.380. The van der Waals surface area contributed by atoms with Gasteiger partial charge in [-0.05, 0) is 22.0 Å². The minimum Gasteiger partial charge on any atom is -0.244 e. The first-order valence-electron chi connectivity index (χ1n) is 3.44. The first-order chi connectivity index (χ1) is 6.18. The molecule has 0 unspecified atom stereocenters.